The predicted octanol–water partition coefficient (Wildman–Crippen LogP) is 8.81. The molecule has 0 heterocycles. The Morgan fingerprint density at radius 2 is 0.952 bits per heavy atom. The molecule has 0 spiro atoms. The Hall–Kier alpha value is -1.94. The maximum atomic E-state index is 13.0. The van der Waals surface area contributed by atoms with Gasteiger partial charge < -0.3 is 18.9 Å². The number of benzene rings is 2. The number of hydrogen-bond donors (Lipinski definition) is 0. The molecule has 0 N–H and O–H groups in total. The van der Waals surface area contributed by atoms with Crippen LogP contribution in [0.5, 0.6) is 11.5 Å². The van der Waals surface area contributed by atoms with Gasteiger partial charge in [-0.3, -0.25) is 0 Å². The molecular weight excluding hydrogens is 677 g/mol. The van der Waals surface area contributed by atoms with Gasteiger partial charge in [-0.2, -0.15) is 0 Å². The molecule has 4 rings (SSSR count). The summed E-state index contributed by atoms with van der Waals surface area (Å²) in [6.07, 6.45) is 5.47. The zero-order valence-corrected chi connectivity index (χ0v) is 26.9. The summed E-state index contributed by atoms with van der Waals surface area (Å²) in [6.45, 7) is 4.07. The number of esters is 4. The maximum Gasteiger partial charge on any atom is 0.423 e. The van der Waals surface area contributed by atoms with E-state index >= 15 is 0 Å². The third kappa shape index (κ3) is 7.06. The Bertz CT molecular complexity index is 1360. The topological polar surface area (TPSA) is 105 Å². The van der Waals surface area contributed by atoms with Crippen LogP contribution in [0, 0.1) is 10.8 Å². The fraction of sp³-hybridized carbons (Fsp3) is 0.429. The highest BCUT2D eigenvalue weighted by molar-refractivity contribution is 6.47. The molecule has 0 aliphatic heterocycles. The number of hydrogen-bond acceptors (Lipinski definition) is 8. The lowest BCUT2D eigenvalue weighted by Crippen LogP contribution is -2.32. The smallest absolute Gasteiger partial charge is 0.423 e. The molecule has 14 heteroatoms. The van der Waals surface area contributed by atoms with Gasteiger partial charge >= 0.3 is 23.9 Å². The summed E-state index contributed by atoms with van der Waals surface area (Å²) in [5.41, 5.74) is -1.31. The van der Waals surface area contributed by atoms with Gasteiger partial charge in [0.15, 0.2) is 11.5 Å². The number of ether oxygens (including phenoxy) is 4. The van der Waals surface area contributed by atoms with Crippen LogP contribution in [-0.4, -0.2) is 37.1 Å². The average Bonchev–Trinajstić information content (AvgIpc) is 2.89. The first kappa shape index (κ1) is 33.0. The van der Waals surface area contributed by atoms with Crippen LogP contribution in [0.3, 0.4) is 0 Å². The first-order chi connectivity index (χ1) is 19.6. The van der Waals surface area contributed by atoms with Crippen LogP contribution in [0.4, 0.5) is 0 Å². The van der Waals surface area contributed by atoms with Crippen LogP contribution in [0.25, 0.3) is 0 Å². The molecule has 0 radical (unpaired) electrons. The van der Waals surface area contributed by atoms with Crippen molar-refractivity contribution in [3.8, 4) is 11.5 Å². The third-order valence-electron chi connectivity index (χ3n) is 7.44. The van der Waals surface area contributed by atoms with Crippen LogP contribution in [0.2, 0.25) is 30.1 Å². The van der Waals surface area contributed by atoms with Crippen molar-refractivity contribution in [2.75, 3.05) is 13.2 Å². The first-order valence-electron chi connectivity index (χ1n) is 12.8. The van der Waals surface area contributed by atoms with Crippen molar-refractivity contribution in [2.45, 2.75) is 52.4 Å². The lowest BCUT2D eigenvalue weighted by molar-refractivity contribution is -0.156. The SMILES string of the molecule is CC1(COC(=O)c2c(Cl)c(Cl)cc(Cl)c2OC(=O)C(=O)Oc2c(Cl)cc(Cl)c(Cl)c2C(=O)OCC2(C)CCC2)CCC1. The van der Waals surface area contributed by atoms with Gasteiger partial charge in [0.25, 0.3) is 0 Å². The van der Waals surface area contributed by atoms with E-state index in [1.54, 1.807) is 0 Å². The predicted molar refractivity (Wildman–Crippen MR) is 159 cm³/mol. The van der Waals surface area contributed by atoms with Crippen LogP contribution in [0.15, 0.2) is 12.1 Å². The molecule has 2 aliphatic rings. The van der Waals surface area contributed by atoms with E-state index in [1.165, 1.54) is 0 Å². The summed E-state index contributed by atoms with van der Waals surface area (Å²) < 4.78 is 21.1. The van der Waals surface area contributed by atoms with Crippen LogP contribution < -0.4 is 9.47 Å². The van der Waals surface area contributed by atoms with E-state index in [2.05, 4.69) is 0 Å². The maximum absolute atomic E-state index is 13.0. The fourth-order valence-electron chi connectivity index (χ4n) is 4.46. The number of carbonyl (C=O) groups is 4. The Balaban J connectivity index is 1.56. The molecule has 0 amide bonds. The normalized spacial score (nSPS) is 16.5. The molecule has 0 bridgehead atoms. The second-order valence-electron chi connectivity index (χ2n) is 11.0. The van der Waals surface area contributed by atoms with Crippen molar-refractivity contribution in [3.05, 3.63) is 53.4 Å². The van der Waals surface area contributed by atoms with Gasteiger partial charge in [0.2, 0.25) is 0 Å². The second kappa shape index (κ2) is 13.0. The van der Waals surface area contributed by atoms with Gasteiger partial charge in [-0.15, -0.1) is 0 Å². The van der Waals surface area contributed by atoms with Crippen LogP contribution >= 0.6 is 69.6 Å². The van der Waals surface area contributed by atoms with Crippen LogP contribution in [0.1, 0.15) is 73.1 Å². The zero-order chi connectivity index (χ0) is 31.0. The Labute approximate surface area is 271 Å². The molecule has 42 heavy (non-hydrogen) atoms. The quantitative estimate of drug-likeness (QED) is 0.116. The van der Waals surface area contributed by atoms with Crippen molar-refractivity contribution in [1.82, 2.24) is 0 Å². The molecule has 2 saturated carbocycles. The molecule has 0 saturated heterocycles. The Kier molecular flexibility index (Phi) is 10.2. The van der Waals surface area contributed by atoms with Gasteiger partial charge in [-0.1, -0.05) is 96.3 Å². The van der Waals surface area contributed by atoms with Gasteiger partial charge in [0.05, 0.1) is 43.3 Å². The highest BCUT2D eigenvalue weighted by Crippen LogP contribution is 2.44. The molecule has 2 fully saturated rings. The standard InChI is InChI=1S/C28H24Cl6O8/c1-27(5-3-6-27)11-39-23(35)17-19(33)13(29)9-15(31)21(17)41-25(37)26(38)42-22-16(32)10-14(30)20(34)18(22)24(36)40-12-28(2)7-4-8-28/h9-10H,3-8,11-12H2,1-2H3. The minimum atomic E-state index is -1.64. The van der Waals surface area contributed by atoms with E-state index in [0.29, 0.717) is 0 Å². The van der Waals surface area contributed by atoms with Crippen molar-refractivity contribution >= 4 is 93.5 Å². The van der Waals surface area contributed by atoms with Crippen LogP contribution in [-0.2, 0) is 19.1 Å². The van der Waals surface area contributed by atoms with Gasteiger partial charge in [0, 0.05) is 10.8 Å². The molecule has 0 aromatic heterocycles. The average molecular weight is 701 g/mol. The van der Waals surface area contributed by atoms with E-state index in [-0.39, 0.29) is 54.2 Å². The van der Waals surface area contributed by atoms with E-state index < -0.39 is 46.5 Å². The fourth-order valence-corrected chi connectivity index (χ4v) is 5.90. The number of rotatable bonds is 8. The molecule has 0 unspecified atom stereocenters. The van der Waals surface area contributed by atoms with Gasteiger partial charge in [-0.25, -0.2) is 19.2 Å². The monoisotopic (exact) mass is 698 g/mol. The first-order valence-corrected chi connectivity index (χ1v) is 15.0. The summed E-state index contributed by atoms with van der Waals surface area (Å²) in [4.78, 5) is 51.7. The Morgan fingerprint density at radius 1 is 0.619 bits per heavy atom. The Morgan fingerprint density at radius 3 is 1.24 bits per heavy atom. The number of halogens is 6. The molecule has 2 aromatic rings. The van der Waals surface area contributed by atoms with Gasteiger partial charge in [-0.05, 0) is 37.8 Å². The summed E-state index contributed by atoms with van der Waals surface area (Å²) in [7, 11) is 0. The van der Waals surface area contributed by atoms with Crippen molar-refractivity contribution < 1.29 is 38.1 Å². The minimum Gasteiger partial charge on any atom is -0.461 e. The molecule has 2 aliphatic carbocycles. The third-order valence-corrected chi connectivity index (χ3v) is 9.58. The second-order valence-corrected chi connectivity index (χ2v) is 13.4. The molecule has 226 valence electrons. The minimum absolute atomic E-state index is 0.0789. The van der Waals surface area contributed by atoms with E-state index in [9.17, 15) is 19.2 Å². The zero-order valence-electron chi connectivity index (χ0n) is 22.3. The summed E-state index contributed by atoms with van der Waals surface area (Å²) in [5.74, 6) is -6.37. The molecule has 8 nitrogen and oxygen atoms in total. The summed E-state index contributed by atoms with van der Waals surface area (Å²) >= 11 is 37.1. The van der Waals surface area contributed by atoms with Crippen molar-refractivity contribution in [1.29, 1.82) is 0 Å². The van der Waals surface area contributed by atoms with E-state index in [1.807, 2.05) is 13.8 Å². The summed E-state index contributed by atoms with van der Waals surface area (Å²) in [6, 6.07) is 2.24. The highest BCUT2D eigenvalue weighted by atomic mass is 35.5. The van der Waals surface area contributed by atoms with Crippen molar-refractivity contribution in [2.24, 2.45) is 10.8 Å². The lowest BCUT2D eigenvalue weighted by atomic mass is 9.71. The molecule has 2 aromatic carbocycles. The number of carbonyl (C=O) groups excluding carboxylic acids is 4. The van der Waals surface area contributed by atoms with Crippen molar-refractivity contribution in [3.63, 3.8) is 0 Å². The highest BCUT2D eigenvalue weighted by Gasteiger charge is 2.37. The molecule has 0 atom stereocenters. The lowest BCUT2D eigenvalue weighted by Gasteiger charge is -2.37. The summed E-state index contributed by atoms with van der Waals surface area (Å²) in [5, 5.41) is -1.47. The van der Waals surface area contributed by atoms with E-state index in [0.717, 1.165) is 50.7 Å². The largest absolute Gasteiger partial charge is 0.461 e. The molecular formula is C28H24Cl6O8. The van der Waals surface area contributed by atoms with Gasteiger partial charge in [0.1, 0.15) is 11.1 Å². The van der Waals surface area contributed by atoms with E-state index in [4.69, 9.17) is 88.6 Å².